The van der Waals surface area contributed by atoms with Crippen LogP contribution >= 0.6 is 0 Å². The number of ether oxygens (including phenoxy) is 1. The van der Waals surface area contributed by atoms with E-state index >= 15 is 0 Å². The van der Waals surface area contributed by atoms with Crippen molar-refractivity contribution in [1.82, 2.24) is 15.3 Å². The van der Waals surface area contributed by atoms with Gasteiger partial charge in [-0.3, -0.25) is 9.59 Å². The molecule has 3 aromatic rings. The van der Waals surface area contributed by atoms with Gasteiger partial charge in [-0.05, 0) is 47.7 Å². The quantitative estimate of drug-likeness (QED) is 0.517. The van der Waals surface area contributed by atoms with Crippen molar-refractivity contribution in [2.45, 2.75) is 43.9 Å². The number of aromatic nitrogens is 2. The van der Waals surface area contributed by atoms with Gasteiger partial charge in [-0.2, -0.15) is 13.2 Å². The summed E-state index contributed by atoms with van der Waals surface area (Å²) in [4.78, 5) is 34.9. The number of rotatable bonds is 4. The van der Waals surface area contributed by atoms with Gasteiger partial charge in [-0.1, -0.05) is 31.2 Å². The van der Waals surface area contributed by atoms with Crippen LogP contribution in [0.15, 0.2) is 54.9 Å². The molecule has 38 heavy (non-hydrogen) atoms. The molecule has 5 rings (SSSR count). The van der Waals surface area contributed by atoms with E-state index < -0.39 is 18.1 Å². The Balaban J connectivity index is 1.46. The molecule has 0 spiro atoms. The zero-order chi connectivity index (χ0) is 27.0. The number of carbonyl (C=O) groups is 2. The highest BCUT2D eigenvalue weighted by Gasteiger charge is 2.42. The van der Waals surface area contributed by atoms with Gasteiger partial charge in [0, 0.05) is 29.8 Å². The highest BCUT2D eigenvalue weighted by atomic mass is 19.4. The number of nitrogens with one attached hydrogen (secondary N) is 2. The van der Waals surface area contributed by atoms with Crippen molar-refractivity contribution in [1.29, 1.82) is 0 Å². The van der Waals surface area contributed by atoms with Crippen LogP contribution in [0.5, 0.6) is 6.01 Å². The van der Waals surface area contributed by atoms with E-state index in [1.165, 1.54) is 19.5 Å². The second-order valence-corrected chi connectivity index (χ2v) is 9.44. The van der Waals surface area contributed by atoms with E-state index in [1.54, 1.807) is 6.07 Å². The number of methoxy groups -OCH3 is 1. The monoisotopic (exact) mass is 525 g/mol. The lowest BCUT2D eigenvalue weighted by Gasteiger charge is -2.41. The lowest BCUT2D eigenvalue weighted by Crippen LogP contribution is -2.49. The van der Waals surface area contributed by atoms with Gasteiger partial charge in [-0.15, -0.1) is 0 Å². The highest BCUT2D eigenvalue weighted by Crippen LogP contribution is 2.46. The van der Waals surface area contributed by atoms with Crippen LogP contribution in [0.1, 0.15) is 58.8 Å². The molecule has 11 heteroatoms. The number of anilines is 2. The number of carbonyl (C=O) groups excluding carboxylic acids is 2. The molecular formula is C27H26F3N5O3. The van der Waals surface area contributed by atoms with E-state index in [4.69, 9.17) is 4.74 Å². The molecule has 2 aliphatic heterocycles. The normalized spacial score (nSPS) is 20.3. The fourth-order valence-corrected chi connectivity index (χ4v) is 5.32. The van der Waals surface area contributed by atoms with Crippen molar-refractivity contribution in [3.8, 4) is 6.01 Å². The van der Waals surface area contributed by atoms with Gasteiger partial charge in [0.25, 0.3) is 5.91 Å². The van der Waals surface area contributed by atoms with Crippen molar-refractivity contribution in [2.24, 2.45) is 0 Å². The third-order valence-corrected chi connectivity index (χ3v) is 7.15. The van der Waals surface area contributed by atoms with Crippen molar-refractivity contribution in [3.63, 3.8) is 0 Å². The molecule has 1 fully saturated rings. The van der Waals surface area contributed by atoms with Crippen LogP contribution in [0, 0.1) is 0 Å². The average Bonchev–Trinajstić information content (AvgIpc) is 3.01. The zero-order valence-electron chi connectivity index (χ0n) is 20.7. The lowest BCUT2D eigenvalue weighted by molar-refractivity contribution is -0.174. The first kappa shape index (κ1) is 25.5. The molecule has 1 saturated heterocycles. The second-order valence-electron chi connectivity index (χ2n) is 9.44. The number of hydrogen-bond acceptors (Lipinski definition) is 6. The van der Waals surface area contributed by atoms with E-state index in [0.717, 1.165) is 22.4 Å². The summed E-state index contributed by atoms with van der Waals surface area (Å²) in [5.41, 5.74) is 4.77. The van der Waals surface area contributed by atoms with Crippen LogP contribution in [0.3, 0.4) is 0 Å². The molecule has 0 aliphatic carbocycles. The Morgan fingerprint density at radius 3 is 2.45 bits per heavy atom. The number of nitrogens with zero attached hydrogens (tertiary/aromatic N) is 3. The number of hydrogen-bond donors (Lipinski definition) is 2. The topological polar surface area (TPSA) is 96.4 Å². The number of halogens is 3. The number of piperidine rings is 1. The minimum absolute atomic E-state index is 0.0768. The van der Waals surface area contributed by atoms with Crippen LogP contribution in [-0.4, -0.2) is 47.7 Å². The van der Waals surface area contributed by atoms with E-state index in [1.807, 2.05) is 36.4 Å². The van der Waals surface area contributed by atoms with Gasteiger partial charge in [0.1, 0.15) is 0 Å². The first-order valence-electron chi connectivity index (χ1n) is 12.2. The Kier molecular flexibility index (Phi) is 6.68. The smallest absolute Gasteiger partial charge is 0.467 e. The Morgan fingerprint density at radius 1 is 1.05 bits per heavy atom. The molecule has 2 N–H and O–H groups in total. The maximum atomic E-state index is 13.1. The molecule has 2 aromatic carbocycles. The first-order valence-corrected chi connectivity index (χ1v) is 12.2. The molecule has 0 radical (unpaired) electrons. The minimum atomic E-state index is -4.92. The Hall–Kier alpha value is -4.15. The van der Waals surface area contributed by atoms with Gasteiger partial charge in [0.05, 0.1) is 31.2 Å². The molecule has 3 heterocycles. The molecule has 8 nitrogen and oxygen atoms in total. The first-order chi connectivity index (χ1) is 18.2. The second kappa shape index (κ2) is 9.96. The van der Waals surface area contributed by atoms with Crippen molar-refractivity contribution < 1.29 is 27.5 Å². The predicted molar refractivity (Wildman–Crippen MR) is 134 cm³/mol. The number of fused-ring (bicyclic) bond motifs is 5. The SMILES string of the molecule is COc1ncc(NC(=O)c2ccc3c(c2)[C@H](C)c2ccccc2[C@H]2C[C@H](NC(=O)C(F)(F)F)CCN32)cn1. The van der Waals surface area contributed by atoms with Crippen LogP contribution in [-0.2, 0) is 4.79 Å². The van der Waals surface area contributed by atoms with Crippen LogP contribution in [0.2, 0.25) is 0 Å². The zero-order valence-corrected chi connectivity index (χ0v) is 20.7. The van der Waals surface area contributed by atoms with Gasteiger partial charge in [-0.25, -0.2) is 9.97 Å². The minimum Gasteiger partial charge on any atom is -0.467 e. The number of amides is 2. The summed E-state index contributed by atoms with van der Waals surface area (Å²) < 4.78 is 43.6. The summed E-state index contributed by atoms with van der Waals surface area (Å²) in [5.74, 6) is -2.31. The molecule has 1 aromatic heterocycles. The molecule has 0 bridgehead atoms. The van der Waals surface area contributed by atoms with E-state index in [2.05, 4.69) is 32.4 Å². The summed E-state index contributed by atoms with van der Waals surface area (Å²) in [6.45, 7) is 2.51. The maximum Gasteiger partial charge on any atom is 0.471 e. The lowest BCUT2D eigenvalue weighted by atomic mass is 9.86. The average molecular weight is 526 g/mol. The standard InChI is InChI=1S/C27H26F3N5O3/c1-15-19-5-3-4-6-20(19)23-12-17(34-25(37)27(28,29)30)9-10-35(23)22-8-7-16(11-21(15)22)24(36)33-18-13-31-26(38-2)32-14-18/h3-8,11,13-15,17,23H,9-10,12H2,1-2H3,(H,33,36)(H,34,37)/t15-,17-,23-/m1/s1. The fraction of sp³-hybridized carbons (Fsp3) is 0.333. The van der Waals surface area contributed by atoms with E-state index in [9.17, 15) is 22.8 Å². The van der Waals surface area contributed by atoms with Crippen LogP contribution < -0.4 is 20.3 Å². The highest BCUT2D eigenvalue weighted by molar-refractivity contribution is 6.04. The fourth-order valence-electron chi connectivity index (χ4n) is 5.32. The number of benzene rings is 2. The summed E-state index contributed by atoms with van der Waals surface area (Å²) >= 11 is 0. The summed E-state index contributed by atoms with van der Waals surface area (Å²) in [6.07, 6.45) is -1.30. The summed E-state index contributed by atoms with van der Waals surface area (Å²) in [6, 6.07) is 12.7. The van der Waals surface area contributed by atoms with Gasteiger partial charge in [0.15, 0.2) is 0 Å². The van der Waals surface area contributed by atoms with Crippen molar-refractivity contribution in [2.75, 3.05) is 23.9 Å². The van der Waals surface area contributed by atoms with Crippen LogP contribution in [0.25, 0.3) is 0 Å². The molecular weight excluding hydrogens is 499 g/mol. The summed E-state index contributed by atoms with van der Waals surface area (Å²) in [5, 5.41) is 4.96. The van der Waals surface area contributed by atoms with Crippen LogP contribution in [0.4, 0.5) is 24.5 Å². The van der Waals surface area contributed by atoms with E-state index in [-0.39, 0.29) is 23.9 Å². The molecule has 2 amide bonds. The Labute approximate surface area is 217 Å². The predicted octanol–water partition coefficient (Wildman–Crippen LogP) is 4.59. The molecule has 198 valence electrons. The number of alkyl halides is 3. The molecule has 0 saturated carbocycles. The molecule has 0 unspecified atom stereocenters. The summed E-state index contributed by atoms with van der Waals surface area (Å²) in [7, 11) is 1.45. The Bertz CT molecular complexity index is 1360. The van der Waals surface area contributed by atoms with E-state index in [0.29, 0.717) is 30.6 Å². The largest absolute Gasteiger partial charge is 0.471 e. The molecule has 2 aliphatic rings. The third kappa shape index (κ3) is 4.88. The third-order valence-electron chi connectivity index (χ3n) is 7.15. The maximum absolute atomic E-state index is 13.1. The van der Waals surface area contributed by atoms with Gasteiger partial charge >= 0.3 is 18.1 Å². The van der Waals surface area contributed by atoms with Crippen molar-refractivity contribution in [3.05, 3.63) is 77.1 Å². The molecule has 3 atom stereocenters. The van der Waals surface area contributed by atoms with Gasteiger partial charge < -0.3 is 20.3 Å². The van der Waals surface area contributed by atoms with Crippen molar-refractivity contribution >= 4 is 23.2 Å². The Morgan fingerprint density at radius 2 is 1.76 bits per heavy atom. The van der Waals surface area contributed by atoms with Gasteiger partial charge in [0.2, 0.25) is 0 Å².